The Balaban J connectivity index is 2.40. The monoisotopic (exact) mass is 178 g/mol. The third-order valence-corrected chi connectivity index (χ3v) is 2.65. The second-order valence-corrected chi connectivity index (χ2v) is 3.89. The van der Waals surface area contributed by atoms with Gasteiger partial charge in [0.25, 0.3) is 0 Å². The summed E-state index contributed by atoms with van der Waals surface area (Å²) < 4.78 is 5.07. The molecule has 1 aliphatic rings. The lowest BCUT2D eigenvalue weighted by Crippen LogP contribution is -2.05. The van der Waals surface area contributed by atoms with Gasteiger partial charge >= 0.3 is 0 Å². The van der Waals surface area contributed by atoms with E-state index in [0.717, 1.165) is 11.4 Å². The average Bonchev–Trinajstić information content (AvgIpc) is 2.84. The molecule has 0 unspecified atom stereocenters. The number of nitrogens with zero attached hydrogens (tertiary/aromatic N) is 1. The molecule has 0 amide bonds. The minimum absolute atomic E-state index is 0.253. The highest BCUT2D eigenvalue weighted by Gasteiger charge is 2.40. The molecule has 0 bridgehead atoms. The van der Waals surface area contributed by atoms with Crippen LogP contribution in [0.3, 0.4) is 0 Å². The van der Waals surface area contributed by atoms with Gasteiger partial charge in [0.05, 0.1) is 12.8 Å². The predicted octanol–water partition coefficient (Wildman–Crippen LogP) is 1.72. The van der Waals surface area contributed by atoms with Gasteiger partial charge in [-0.05, 0) is 18.9 Å². The van der Waals surface area contributed by atoms with Crippen LogP contribution in [-0.4, -0.2) is 12.1 Å². The first-order valence-electron chi connectivity index (χ1n) is 4.46. The van der Waals surface area contributed by atoms with E-state index in [-0.39, 0.29) is 5.41 Å². The summed E-state index contributed by atoms with van der Waals surface area (Å²) in [5.74, 6) is 0.614. The van der Waals surface area contributed by atoms with E-state index in [9.17, 15) is 0 Å². The number of ether oxygens (including phenoxy) is 1. The van der Waals surface area contributed by atoms with Gasteiger partial charge < -0.3 is 10.5 Å². The number of rotatable bonds is 2. The lowest BCUT2D eigenvalue weighted by atomic mass is 10.0. The maximum atomic E-state index is 5.74. The number of anilines is 1. The van der Waals surface area contributed by atoms with E-state index < -0.39 is 0 Å². The second kappa shape index (κ2) is 2.62. The van der Waals surface area contributed by atoms with Crippen molar-refractivity contribution in [3.63, 3.8) is 0 Å². The molecule has 1 aliphatic carbocycles. The molecule has 1 fully saturated rings. The van der Waals surface area contributed by atoms with Crippen LogP contribution in [0.1, 0.15) is 25.5 Å². The fraction of sp³-hybridized carbons (Fsp3) is 0.500. The fourth-order valence-corrected chi connectivity index (χ4v) is 1.38. The van der Waals surface area contributed by atoms with Crippen LogP contribution in [0.5, 0.6) is 5.88 Å². The zero-order valence-electron chi connectivity index (χ0n) is 8.00. The first kappa shape index (κ1) is 8.35. The molecule has 1 aromatic rings. The summed E-state index contributed by atoms with van der Waals surface area (Å²) in [4.78, 5) is 4.38. The van der Waals surface area contributed by atoms with Gasteiger partial charge in [0.15, 0.2) is 0 Å². The first-order chi connectivity index (χ1) is 6.14. The summed E-state index contributed by atoms with van der Waals surface area (Å²) in [5.41, 5.74) is 7.78. The largest absolute Gasteiger partial charge is 0.481 e. The molecule has 0 saturated heterocycles. The molecule has 0 aromatic carbocycles. The smallest absolute Gasteiger partial charge is 0.215 e. The van der Waals surface area contributed by atoms with Crippen LogP contribution in [-0.2, 0) is 5.41 Å². The van der Waals surface area contributed by atoms with Gasteiger partial charge in [0.2, 0.25) is 5.88 Å². The lowest BCUT2D eigenvalue weighted by Gasteiger charge is -2.10. The van der Waals surface area contributed by atoms with Crippen molar-refractivity contribution < 1.29 is 4.74 Å². The average molecular weight is 178 g/mol. The molecule has 3 nitrogen and oxygen atoms in total. The molecule has 3 heteroatoms. The van der Waals surface area contributed by atoms with Crippen LogP contribution in [0.4, 0.5) is 5.69 Å². The molecule has 0 atom stereocenters. The van der Waals surface area contributed by atoms with Crippen molar-refractivity contribution >= 4 is 5.69 Å². The molecule has 13 heavy (non-hydrogen) atoms. The molecule has 1 heterocycles. The number of methoxy groups -OCH3 is 1. The molecule has 0 radical (unpaired) electrons. The van der Waals surface area contributed by atoms with Crippen LogP contribution in [0.2, 0.25) is 0 Å². The SMILES string of the molecule is COc1cc(N)cc(C2(C)CC2)n1. The Morgan fingerprint density at radius 1 is 1.46 bits per heavy atom. The van der Waals surface area contributed by atoms with Crippen LogP contribution in [0.15, 0.2) is 12.1 Å². The minimum Gasteiger partial charge on any atom is -0.481 e. The van der Waals surface area contributed by atoms with E-state index in [0.29, 0.717) is 5.88 Å². The molecule has 0 spiro atoms. The van der Waals surface area contributed by atoms with Gasteiger partial charge in [-0.1, -0.05) is 6.92 Å². The van der Waals surface area contributed by atoms with E-state index >= 15 is 0 Å². The van der Waals surface area contributed by atoms with Crippen molar-refractivity contribution in [2.45, 2.75) is 25.2 Å². The summed E-state index contributed by atoms with van der Waals surface area (Å²) in [6.07, 6.45) is 2.40. The Morgan fingerprint density at radius 2 is 2.15 bits per heavy atom. The van der Waals surface area contributed by atoms with E-state index in [1.54, 1.807) is 13.2 Å². The number of nitrogens with two attached hydrogens (primary N) is 1. The number of hydrogen-bond acceptors (Lipinski definition) is 3. The molecule has 2 rings (SSSR count). The molecular formula is C10H14N2O. The Hall–Kier alpha value is -1.25. The Morgan fingerprint density at radius 3 is 2.69 bits per heavy atom. The van der Waals surface area contributed by atoms with Gasteiger partial charge in [-0.2, -0.15) is 0 Å². The lowest BCUT2D eigenvalue weighted by molar-refractivity contribution is 0.395. The topological polar surface area (TPSA) is 48.1 Å². The highest BCUT2D eigenvalue weighted by atomic mass is 16.5. The van der Waals surface area contributed by atoms with Crippen LogP contribution < -0.4 is 10.5 Å². The minimum atomic E-state index is 0.253. The van der Waals surface area contributed by atoms with Crippen LogP contribution >= 0.6 is 0 Å². The molecule has 2 N–H and O–H groups in total. The van der Waals surface area contributed by atoms with E-state index in [2.05, 4.69) is 11.9 Å². The maximum Gasteiger partial charge on any atom is 0.215 e. The summed E-state index contributed by atoms with van der Waals surface area (Å²) in [7, 11) is 1.61. The van der Waals surface area contributed by atoms with Crippen molar-refractivity contribution in [1.82, 2.24) is 4.98 Å². The summed E-state index contributed by atoms with van der Waals surface area (Å²) in [6.45, 7) is 2.20. The van der Waals surface area contributed by atoms with Gasteiger partial charge in [-0.3, -0.25) is 0 Å². The van der Waals surface area contributed by atoms with Crippen LogP contribution in [0.25, 0.3) is 0 Å². The Labute approximate surface area is 77.9 Å². The highest BCUT2D eigenvalue weighted by molar-refractivity contribution is 5.45. The third-order valence-electron chi connectivity index (χ3n) is 2.65. The van der Waals surface area contributed by atoms with Crippen molar-refractivity contribution in [3.05, 3.63) is 17.8 Å². The van der Waals surface area contributed by atoms with Crippen molar-refractivity contribution in [2.75, 3.05) is 12.8 Å². The molecule has 70 valence electrons. The highest BCUT2D eigenvalue weighted by Crippen LogP contribution is 2.47. The number of pyridine rings is 1. The summed E-state index contributed by atoms with van der Waals surface area (Å²) >= 11 is 0. The molecule has 1 aromatic heterocycles. The molecule has 1 saturated carbocycles. The van der Waals surface area contributed by atoms with Gasteiger partial charge in [0, 0.05) is 17.2 Å². The Kier molecular flexibility index (Phi) is 1.68. The second-order valence-electron chi connectivity index (χ2n) is 3.89. The fourth-order valence-electron chi connectivity index (χ4n) is 1.38. The van der Waals surface area contributed by atoms with E-state index in [1.165, 1.54) is 12.8 Å². The predicted molar refractivity (Wildman–Crippen MR) is 51.8 cm³/mol. The number of aromatic nitrogens is 1. The zero-order valence-corrected chi connectivity index (χ0v) is 8.00. The number of nitrogen functional groups attached to an aromatic ring is 1. The Bertz CT molecular complexity index is 332. The quantitative estimate of drug-likeness (QED) is 0.750. The zero-order chi connectivity index (χ0) is 9.47. The van der Waals surface area contributed by atoms with E-state index in [1.807, 2.05) is 6.07 Å². The third kappa shape index (κ3) is 1.46. The standard InChI is InChI=1S/C10H14N2O/c1-10(3-4-10)8-5-7(11)6-9(12-8)13-2/h5-6H,3-4H2,1-2H3,(H2,11,12). The first-order valence-corrected chi connectivity index (χ1v) is 4.46. The summed E-state index contributed by atoms with van der Waals surface area (Å²) in [5, 5.41) is 0. The molecule has 0 aliphatic heterocycles. The van der Waals surface area contributed by atoms with Crippen LogP contribution in [0, 0.1) is 0 Å². The normalized spacial score (nSPS) is 18.3. The summed E-state index contributed by atoms with van der Waals surface area (Å²) in [6, 6.07) is 3.69. The van der Waals surface area contributed by atoms with E-state index in [4.69, 9.17) is 10.5 Å². The number of hydrogen-bond donors (Lipinski definition) is 1. The van der Waals surface area contributed by atoms with Gasteiger partial charge in [0.1, 0.15) is 0 Å². The van der Waals surface area contributed by atoms with Gasteiger partial charge in [-0.15, -0.1) is 0 Å². The molecular weight excluding hydrogens is 164 g/mol. The van der Waals surface area contributed by atoms with Crippen molar-refractivity contribution in [3.8, 4) is 5.88 Å². The van der Waals surface area contributed by atoms with Crippen molar-refractivity contribution in [1.29, 1.82) is 0 Å². The van der Waals surface area contributed by atoms with Crippen molar-refractivity contribution in [2.24, 2.45) is 0 Å². The maximum absolute atomic E-state index is 5.74. The van der Waals surface area contributed by atoms with Gasteiger partial charge in [-0.25, -0.2) is 4.98 Å².